The number of aromatic nitrogens is 1. The molecular weight excluding hydrogens is 325 g/mol. The molecule has 2 rings (SSSR count). The third kappa shape index (κ3) is 4.84. The number of rotatable bonds is 7. The Morgan fingerprint density at radius 1 is 1.16 bits per heavy atom. The first-order valence-electron chi connectivity index (χ1n) is 7.79. The van der Waals surface area contributed by atoms with Crippen LogP contribution in [0.15, 0.2) is 53.5 Å². The fourth-order valence-electron chi connectivity index (χ4n) is 2.30. The van der Waals surface area contributed by atoms with E-state index in [-0.39, 0.29) is 5.56 Å². The molecule has 0 radical (unpaired) electrons. The summed E-state index contributed by atoms with van der Waals surface area (Å²) in [5.41, 5.74) is -0.310. The van der Waals surface area contributed by atoms with Crippen molar-refractivity contribution < 1.29 is 14.0 Å². The molecule has 1 aromatic heterocycles. The van der Waals surface area contributed by atoms with Crippen LogP contribution in [0.3, 0.4) is 0 Å². The van der Waals surface area contributed by atoms with E-state index in [4.69, 9.17) is 0 Å². The van der Waals surface area contributed by atoms with Crippen LogP contribution in [0, 0.1) is 5.82 Å². The Morgan fingerprint density at radius 3 is 2.44 bits per heavy atom. The quantitative estimate of drug-likeness (QED) is 0.602. The van der Waals surface area contributed by atoms with E-state index in [0.717, 1.165) is 16.7 Å². The van der Waals surface area contributed by atoms with Crippen molar-refractivity contribution >= 4 is 11.7 Å². The monoisotopic (exact) mass is 345 g/mol. The van der Waals surface area contributed by atoms with Crippen molar-refractivity contribution in [3.05, 3.63) is 70.4 Å². The number of nitrogens with zero attached hydrogens (tertiary/aromatic N) is 2. The van der Waals surface area contributed by atoms with Gasteiger partial charge >= 0.3 is 0 Å². The Kier molecular flexibility index (Phi) is 6.19. The molecular formula is C18H20FN3O3. The van der Waals surface area contributed by atoms with Gasteiger partial charge in [0, 0.05) is 30.9 Å². The number of likely N-dealkylation sites (N-methyl/N-ethyl adjacent to an activating group) is 1. The van der Waals surface area contributed by atoms with E-state index in [2.05, 4.69) is 5.32 Å². The highest BCUT2D eigenvalue weighted by atomic mass is 19.1. The summed E-state index contributed by atoms with van der Waals surface area (Å²) in [5, 5.41) is 2.67. The molecule has 0 saturated heterocycles. The van der Waals surface area contributed by atoms with Crippen molar-refractivity contribution in [1.82, 2.24) is 14.8 Å². The second kappa shape index (κ2) is 8.34. The number of carbonyl (C=O) groups excluding carboxylic acids is 2. The van der Waals surface area contributed by atoms with Gasteiger partial charge in [0.05, 0.1) is 0 Å². The number of carbonyl (C=O) groups is 2. The minimum absolute atomic E-state index is 0.157. The van der Waals surface area contributed by atoms with Crippen LogP contribution in [0.25, 0.3) is 0 Å². The van der Waals surface area contributed by atoms with Gasteiger partial charge in [-0.1, -0.05) is 6.07 Å². The molecule has 1 N–H and O–H groups in total. The Bertz CT molecular complexity index is 800. The normalized spacial score (nSPS) is 12.0. The lowest BCUT2D eigenvalue weighted by Crippen LogP contribution is -2.43. The largest absolute Gasteiger partial charge is 0.353 e. The van der Waals surface area contributed by atoms with Crippen LogP contribution in [0.2, 0.25) is 0 Å². The standard InChI is InChI=1S/C18H20FN3O3/c1-21(2)12-10-20-18(25)16(22-11-4-3-5-15(22)23)17(24)13-6-8-14(19)9-7-13/h3-9,11,16H,10,12H2,1-2H3,(H,20,25)/t16-/m1/s1. The number of nitrogens with one attached hydrogen (secondary N) is 1. The van der Waals surface area contributed by atoms with Gasteiger partial charge in [0.25, 0.3) is 11.5 Å². The lowest BCUT2D eigenvalue weighted by atomic mass is 10.0. The molecule has 1 amide bonds. The van der Waals surface area contributed by atoms with E-state index < -0.39 is 29.1 Å². The summed E-state index contributed by atoms with van der Waals surface area (Å²) in [6.45, 7) is 0.924. The van der Waals surface area contributed by atoms with Crippen molar-refractivity contribution in [3.63, 3.8) is 0 Å². The zero-order chi connectivity index (χ0) is 18.4. The van der Waals surface area contributed by atoms with Gasteiger partial charge in [-0.3, -0.25) is 19.0 Å². The summed E-state index contributed by atoms with van der Waals surface area (Å²) in [6, 6.07) is 7.91. The van der Waals surface area contributed by atoms with Gasteiger partial charge in [-0.2, -0.15) is 0 Å². The molecule has 25 heavy (non-hydrogen) atoms. The maximum Gasteiger partial charge on any atom is 0.251 e. The van der Waals surface area contributed by atoms with Gasteiger partial charge in [-0.15, -0.1) is 0 Å². The van der Waals surface area contributed by atoms with Gasteiger partial charge in [-0.25, -0.2) is 4.39 Å². The SMILES string of the molecule is CN(C)CCNC(=O)[C@@H](C(=O)c1ccc(F)cc1)n1ccccc1=O. The fourth-order valence-corrected chi connectivity index (χ4v) is 2.30. The van der Waals surface area contributed by atoms with Crippen LogP contribution >= 0.6 is 0 Å². The summed E-state index contributed by atoms with van der Waals surface area (Å²) in [5.74, 6) is -1.64. The number of hydrogen-bond donors (Lipinski definition) is 1. The smallest absolute Gasteiger partial charge is 0.251 e. The Morgan fingerprint density at radius 2 is 1.84 bits per heavy atom. The third-order valence-electron chi connectivity index (χ3n) is 3.61. The van der Waals surface area contributed by atoms with E-state index in [9.17, 15) is 18.8 Å². The predicted octanol–water partition coefficient (Wildman–Crippen LogP) is 1.09. The number of amides is 1. The van der Waals surface area contributed by atoms with Crippen molar-refractivity contribution in [2.24, 2.45) is 0 Å². The molecule has 0 saturated carbocycles. The molecule has 1 heterocycles. The Hall–Kier alpha value is -2.80. The zero-order valence-corrected chi connectivity index (χ0v) is 14.1. The molecule has 7 heteroatoms. The molecule has 0 unspecified atom stereocenters. The fraction of sp³-hybridized carbons (Fsp3) is 0.278. The highest BCUT2D eigenvalue weighted by Crippen LogP contribution is 2.14. The van der Waals surface area contributed by atoms with Crippen LogP contribution in [0.5, 0.6) is 0 Å². The summed E-state index contributed by atoms with van der Waals surface area (Å²) >= 11 is 0. The van der Waals surface area contributed by atoms with Gasteiger partial charge in [0.15, 0.2) is 11.8 Å². The lowest BCUT2D eigenvalue weighted by molar-refractivity contribution is -0.123. The third-order valence-corrected chi connectivity index (χ3v) is 3.61. The predicted molar refractivity (Wildman–Crippen MR) is 92.0 cm³/mol. The van der Waals surface area contributed by atoms with Crippen molar-refractivity contribution in [2.45, 2.75) is 6.04 Å². The maximum atomic E-state index is 13.1. The van der Waals surface area contributed by atoms with Crippen LogP contribution in [0.4, 0.5) is 4.39 Å². The molecule has 132 valence electrons. The van der Waals surface area contributed by atoms with Crippen molar-refractivity contribution in [1.29, 1.82) is 0 Å². The minimum Gasteiger partial charge on any atom is -0.353 e. The summed E-state index contributed by atoms with van der Waals surface area (Å²) in [6.07, 6.45) is 1.39. The molecule has 0 aliphatic heterocycles. The van der Waals surface area contributed by atoms with E-state index >= 15 is 0 Å². The number of pyridine rings is 1. The summed E-state index contributed by atoms with van der Waals surface area (Å²) < 4.78 is 14.2. The second-order valence-corrected chi connectivity index (χ2v) is 5.81. The molecule has 6 nitrogen and oxygen atoms in total. The average Bonchev–Trinajstić information content (AvgIpc) is 2.57. The summed E-state index contributed by atoms with van der Waals surface area (Å²) in [7, 11) is 3.71. The number of hydrogen-bond acceptors (Lipinski definition) is 4. The van der Waals surface area contributed by atoms with Crippen LogP contribution in [-0.2, 0) is 4.79 Å². The molecule has 0 fully saturated rings. The lowest BCUT2D eigenvalue weighted by Gasteiger charge is -2.19. The number of benzene rings is 1. The molecule has 1 aromatic carbocycles. The number of ketones is 1. The first-order valence-corrected chi connectivity index (χ1v) is 7.79. The minimum atomic E-state index is -1.35. The molecule has 2 aromatic rings. The number of halogens is 1. The first kappa shape index (κ1) is 18.5. The van der Waals surface area contributed by atoms with Crippen molar-refractivity contribution in [2.75, 3.05) is 27.2 Å². The molecule has 0 bridgehead atoms. The Balaban J connectivity index is 2.33. The summed E-state index contributed by atoms with van der Waals surface area (Å²) in [4.78, 5) is 39.3. The molecule has 0 aliphatic rings. The van der Waals surface area contributed by atoms with E-state index in [1.807, 2.05) is 19.0 Å². The van der Waals surface area contributed by atoms with E-state index in [0.29, 0.717) is 13.1 Å². The van der Waals surface area contributed by atoms with Crippen LogP contribution in [0.1, 0.15) is 16.4 Å². The van der Waals surface area contributed by atoms with Gasteiger partial charge in [0.2, 0.25) is 0 Å². The van der Waals surface area contributed by atoms with Crippen LogP contribution in [-0.4, -0.2) is 48.3 Å². The van der Waals surface area contributed by atoms with Crippen LogP contribution < -0.4 is 10.9 Å². The van der Waals surface area contributed by atoms with E-state index in [1.165, 1.54) is 30.5 Å². The van der Waals surface area contributed by atoms with Crippen molar-refractivity contribution in [3.8, 4) is 0 Å². The first-order chi connectivity index (χ1) is 11.9. The van der Waals surface area contributed by atoms with Gasteiger partial charge in [-0.05, 0) is 44.4 Å². The number of Topliss-reactive ketones (excluding diaryl/α,β-unsaturated/α-hetero) is 1. The average molecular weight is 345 g/mol. The molecule has 0 spiro atoms. The second-order valence-electron chi connectivity index (χ2n) is 5.81. The highest BCUT2D eigenvalue weighted by Gasteiger charge is 2.29. The molecule has 0 aliphatic carbocycles. The Labute approximate surface area is 144 Å². The molecule has 1 atom stereocenters. The topological polar surface area (TPSA) is 71.4 Å². The highest BCUT2D eigenvalue weighted by molar-refractivity contribution is 6.11. The maximum absolute atomic E-state index is 13.1. The van der Waals surface area contributed by atoms with Gasteiger partial charge < -0.3 is 10.2 Å². The zero-order valence-electron chi connectivity index (χ0n) is 14.1. The van der Waals surface area contributed by atoms with Gasteiger partial charge in [0.1, 0.15) is 5.82 Å². The van der Waals surface area contributed by atoms with E-state index in [1.54, 1.807) is 6.07 Å².